The minimum atomic E-state index is -0.564. The van der Waals surface area contributed by atoms with Gasteiger partial charge in [-0.3, -0.25) is 4.79 Å². The maximum Gasteiger partial charge on any atom is 0.315 e. The number of carbonyl (C=O) groups excluding carboxylic acids is 3. The Bertz CT molecular complexity index is 2170. The molecule has 5 amide bonds. The number of nitrogen functional groups attached to an aromatic ring is 1. The van der Waals surface area contributed by atoms with Gasteiger partial charge < -0.3 is 66.5 Å². The highest BCUT2D eigenvalue weighted by molar-refractivity contribution is 5.94. The number of amides is 5. The molecule has 6 aliphatic rings. The molecular formula is C54H83F2N7O9. The molecular weight excluding hydrogens is 929 g/mol. The lowest BCUT2D eigenvalue weighted by Crippen LogP contribution is -2.60. The number of hydrogen-bond donors (Lipinski definition) is 7. The lowest BCUT2D eigenvalue weighted by molar-refractivity contribution is -0.117. The van der Waals surface area contributed by atoms with Crippen molar-refractivity contribution in [1.82, 2.24) is 21.3 Å². The van der Waals surface area contributed by atoms with Crippen LogP contribution in [0.4, 0.5) is 30.1 Å². The Labute approximate surface area is 425 Å². The highest BCUT2D eigenvalue weighted by Crippen LogP contribution is 2.60. The average Bonchev–Trinajstić information content (AvgIpc) is 4.23. The summed E-state index contributed by atoms with van der Waals surface area (Å²) in [5.74, 6) is -0.0829. The van der Waals surface area contributed by atoms with Gasteiger partial charge in [-0.1, -0.05) is 55.0 Å². The quantitative estimate of drug-likeness (QED) is 0.0438. The molecule has 6 fully saturated rings. The first kappa shape index (κ1) is 58.2. The van der Waals surface area contributed by atoms with Gasteiger partial charge in [0.1, 0.15) is 11.2 Å². The second-order valence-corrected chi connectivity index (χ2v) is 21.0. The number of methoxy groups -OCH3 is 2. The van der Waals surface area contributed by atoms with Crippen LogP contribution in [0.2, 0.25) is 0 Å². The maximum absolute atomic E-state index is 12.8. The Kier molecular flexibility index (Phi) is 20.2. The number of benzene rings is 2. The Hall–Kier alpha value is -4.69. The van der Waals surface area contributed by atoms with Crippen molar-refractivity contribution in [1.29, 1.82) is 0 Å². The highest BCUT2D eigenvalue weighted by Gasteiger charge is 2.73. The molecule has 2 spiro atoms. The zero-order valence-electron chi connectivity index (χ0n) is 43.0. The second kappa shape index (κ2) is 25.0. The number of epoxide rings is 4. The molecule has 9 N–H and O–H groups in total. The van der Waals surface area contributed by atoms with Crippen molar-refractivity contribution < 1.29 is 52.0 Å². The van der Waals surface area contributed by atoms with E-state index in [0.717, 1.165) is 75.0 Å². The summed E-state index contributed by atoms with van der Waals surface area (Å²) in [4.78, 5) is 37.1. The SMILES string of the molecule is C.CO[C@@H]1[C@H](NC(=O)NCCc2ccc(N)cc2)CC[C@]2(CO2)[C@H]1[C@@]1(C)O[C@@H]1CC=C(C)C.CO[C@@H]1[C@H](NC(=O)NCCc2ccc(NC(=O)[C@H](C)N)cc2)CC[C@]2(CO2)[C@H]1[C@@]1(C)O[C@@H]1CC=C(C)C.FF. The summed E-state index contributed by atoms with van der Waals surface area (Å²) >= 11 is 0. The molecule has 2 aromatic rings. The fourth-order valence-corrected chi connectivity index (χ4v) is 11.1. The largest absolute Gasteiger partial charge is 0.399 e. The van der Waals surface area contributed by atoms with Crippen LogP contribution in [-0.4, -0.2) is 123 Å². The molecule has 13 atom stereocenters. The number of nitrogens with two attached hydrogens (primary N) is 2. The van der Waals surface area contributed by atoms with Gasteiger partial charge in [0.05, 0.1) is 67.0 Å². The Morgan fingerprint density at radius 2 is 1.11 bits per heavy atom. The predicted octanol–water partition coefficient (Wildman–Crippen LogP) is 7.55. The number of hydrogen-bond acceptors (Lipinski definition) is 11. The average molecular weight is 1010 g/mol. The molecule has 4 aliphatic heterocycles. The van der Waals surface area contributed by atoms with E-state index < -0.39 is 6.04 Å². The van der Waals surface area contributed by atoms with Crippen LogP contribution in [-0.2, 0) is 46.1 Å². The molecule has 0 bridgehead atoms. The van der Waals surface area contributed by atoms with Gasteiger partial charge in [0.2, 0.25) is 5.91 Å². The Morgan fingerprint density at radius 1 is 0.722 bits per heavy atom. The lowest BCUT2D eigenvalue weighted by atomic mass is 9.67. The number of ether oxygens (including phenoxy) is 6. The summed E-state index contributed by atoms with van der Waals surface area (Å²) in [6.45, 7) is 16.9. The molecule has 2 aliphatic carbocycles. The van der Waals surface area contributed by atoms with E-state index in [1.807, 2.05) is 48.5 Å². The van der Waals surface area contributed by atoms with Gasteiger partial charge in [0.25, 0.3) is 0 Å². The first-order valence-electron chi connectivity index (χ1n) is 25.0. The minimum Gasteiger partial charge on any atom is -0.399 e. The zero-order valence-corrected chi connectivity index (χ0v) is 43.0. The standard InChI is InChI=1S/C28H42N4O5.C25H37N3O4.CH4.F2/c1-17(2)6-11-22-27(4,37-22)24-23(35-5)21(12-14-28(24)16-36-28)32-26(34)30-15-13-19-7-9-20(10-8-19)31-25(33)18(3)29;1-16(2)5-10-20-24(3,32-20)22-21(30-4)19(11-13-25(22)15-31-25)28-23(29)27-14-12-17-6-8-18(26)9-7-17;;1-2/h6-10,18,21-24H,11-16,29H2,1-5H3,(H,31,33)(H2,30,32,34);5-9,19-22H,10-15,26H2,1-4H3,(H2,27,28,29);1H4;/t18-,21+,22+,23+,24+,27-,28-;19-,20-,21-,22-,24+,25+;;/m01../s1. The summed E-state index contributed by atoms with van der Waals surface area (Å²) in [5, 5.41) is 15.0. The van der Waals surface area contributed by atoms with Crippen LogP contribution < -0.4 is 38.1 Å². The molecule has 4 saturated heterocycles. The van der Waals surface area contributed by atoms with Crippen molar-refractivity contribution in [2.75, 3.05) is 51.6 Å². The van der Waals surface area contributed by atoms with Crippen LogP contribution in [0.1, 0.15) is 106 Å². The van der Waals surface area contributed by atoms with Crippen LogP contribution in [0, 0.1) is 11.8 Å². The molecule has 402 valence electrons. The summed E-state index contributed by atoms with van der Waals surface area (Å²) in [5.41, 5.74) is 16.5. The third-order valence-corrected chi connectivity index (χ3v) is 15.2. The molecule has 0 unspecified atom stereocenters. The monoisotopic (exact) mass is 1010 g/mol. The van der Waals surface area contributed by atoms with Crippen molar-refractivity contribution in [2.45, 2.75) is 172 Å². The van der Waals surface area contributed by atoms with Crippen LogP contribution in [0.3, 0.4) is 0 Å². The number of carbonyl (C=O) groups is 3. The number of halogens is 2. The summed E-state index contributed by atoms with van der Waals surface area (Å²) in [6.07, 6.45) is 11.0. The van der Waals surface area contributed by atoms with E-state index in [1.54, 1.807) is 21.1 Å². The van der Waals surface area contributed by atoms with Crippen molar-refractivity contribution in [3.63, 3.8) is 0 Å². The number of rotatable bonds is 18. The van der Waals surface area contributed by atoms with Crippen LogP contribution in [0.5, 0.6) is 0 Å². The van der Waals surface area contributed by atoms with Gasteiger partial charge in [-0.2, -0.15) is 0 Å². The summed E-state index contributed by atoms with van der Waals surface area (Å²) in [7, 11) is 3.44. The van der Waals surface area contributed by atoms with E-state index in [-0.39, 0.29) is 96.1 Å². The fourth-order valence-electron chi connectivity index (χ4n) is 11.1. The molecule has 0 radical (unpaired) electrons. The molecule has 72 heavy (non-hydrogen) atoms. The van der Waals surface area contributed by atoms with Crippen LogP contribution >= 0.6 is 0 Å². The first-order valence-corrected chi connectivity index (χ1v) is 25.0. The third-order valence-electron chi connectivity index (χ3n) is 15.2. The number of allylic oxidation sites excluding steroid dienone is 2. The van der Waals surface area contributed by atoms with E-state index in [0.29, 0.717) is 25.2 Å². The zero-order chi connectivity index (χ0) is 51.7. The molecule has 16 nitrogen and oxygen atoms in total. The van der Waals surface area contributed by atoms with Crippen LogP contribution in [0.25, 0.3) is 0 Å². The molecule has 8 rings (SSSR count). The van der Waals surface area contributed by atoms with Crippen molar-refractivity contribution >= 4 is 29.3 Å². The van der Waals surface area contributed by atoms with E-state index >= 15 is 0 Å². The predicted molar refractivity (Wildman–Crippen MR) is 276 cm³/mol. The topological polar surface area (TPSA) is 232 Å². The smallest absolute Gasteiger partial charge is 0.315 e. The van der Waals surface area contributed by atoms with E-state index in [2.05, 4.69) is 80.3 Å². The van der Waals surface area contributed by atoms with E-state index in [4.69, 9.17) is 49.0 Å². The van der Waals surface area contributed by atoms with Crippen molar-refractivity contribution in [2.24, 2.45) is 17.6 Å². The Balaban J connectivity index is 0.000000257. The summed E-state index contributed by atoms with van der Waals surface area (Å²) in [6, 6.07) is 14.1. The molecule has 2 aromatic carbocycles. The van der Waals surface area contributed by atoms with Gasteiger partial charge in [0.15, 0.2) is 0 Å². The van der Waals surface area contributed by atoms with E-state index in [1.165, 1.54) is 11.1 Å². The second-order valence-electron chi connectivity index (χ2n) is 21.0. The molecule has 2 saturated carbocycles. The van der Waals surface area contributed by atoms with Gasteiger partial charge in [-0.25, -0.2) is 9.59 Å². The summed E-state index contributed by atoms with van der Waals surface area (Å²) < 4.78 is 52.5. The first-order chi connectivity index (χ1) is 33.8. The number of nitrogens with one attached hydrogen (secondary N) is 5. The highest BCUT2D eigenvalue weighted by atomic mass is 20.0. The minimum absolute atomic E-state index is 0. The van der Waals surface area contributed by atoms with Crippen LogP contribution in [0.15, 0.2) is 71.8 Å². The number of anilines is 2. The van der Waals surface area contributed by atoms with Crippen molar-refractivity contribution in [3.05, 3.63) is 83.0 Å². The molecule has 18 heteroatoms. The van der Waals surface area contributed by atoms with Gasteiger partial charge in [-0.05, 0) is 135 Å². The fraction of sp³-hybridized carbons (Fsp3) is 0.648. The lowest BCUT2D eigenvalue weighted by Gasteiger charge is -2.43. The third kappa shape index (κ3) is 14.3. The maximum atomic E-state index is 12.8. The molecule has 0 aromatic heterocycles. The Morgan fingerprint density at radius 3 is 1.46 bits per heavy atom. The number of urea groups is 2. The van der Waals surface area contributed by atoms with Gasteiger partial charge >= 0.3 is 12.1 Å². The van der Waals surface area contributed by atoms with Crippen molar-refractivity contribution in [3.8, 4) is 0 Å². The van der Waals surface area contributed by atoms with E-state index in [9.17, 15) is 14.4 Å². The normalized spacial score (nSPS) is 32.6. The molecule has 4 heterocycles. The van der Waals surface area contributed by atoms with Gasteiger partial charge in [0, 0.05) is 59.7 Å². The van der Waals surface area contributed by atoms with Gasteiger partial charge in [-0.15, -0.1) is 0 Å².